The minimum atomic E-state index is -0.197. The van der Waals surface area contributed by atoms with Gasteiger partial charge < -0.3 is 9.64 Å². The highest BCUT2D eigenvalue weighted by molar-refractivity contribution is 7.80. The Hall–Kier alpha value is -2.35. The monoisotopic (exact) mass is 415 g/mol. The number of tetrazole rings is 1. The van der Waals surface area contributed by atoms with Gasteiger partial charge in [-0.1, -0.05) is 30.4 Å². The maximum absolute atomic E-state index is 11.3. The second-order valence-electron chi connectivity index (χ2n) is 7.43. The number of hydrogen-bond acceptors (Lipinski definition) is 6. The van der Waals surface area contributed by atoms with Crippen LogP contribution in [0.3, 0.4) is 0 Å². The number of carbonyl (C=O) groups is 1. The normalized spacial score (nSPS) is 19.0. The SMILES string of the molecule is CCN(C(=S)CCCc1nnnn1-c1ccccc1)C1CCCC(OC(C)=O)C1. The molecule has 1 saturated carbocycles. The van der Waals surface area contributed by atoms with E-state index in [0.29, 0.717) is 6.04 Å². The number of rotatable bonds is 8. The third-order valence-electron chi connectivity index (χ3n) is 5.36. The van der Waals surface area contributed by atoms with Crippen LogP contribution >= 0.6 is 12.2 Å². The lowest BCUT2D eigenvalue weighted by Crippen LogP contribution is -2.43. The summed E-state index contributed by atoms with van der Waals surface area (Å²) in [5, 5.41) is 12.1. The Morgan fingerprint density at radius 1 is 1.31 bits per heavy atom. The summed E-state index contributed by atoms with van der Waals surface area (Å²) in [5.41, 5.74) is 0.962. The van der Waals surface area contributed by atoms with Gasteiger partial charge in [-0.2, -0.15) is 4.68 Å². The molecule has 0 aliphatic heterocycles. The number of ether oxygens (including phenoxy) is 1. The standard InChI is InChI=1S/C21H29N5O2S/c1-3-25(18-11-7-12-19(15-18)28-16(2)27)21(29)14-8-13-20-22-23-24-26(20)17-9-5-4-6-10-17/h4-6,9-10,18-19H,3,7-8,11-15H2,1-2H3. The number of nitrogens with zero attached hydrogens (tertiary/aromatic N) is 5. The Morgan fingerprint density at radius 2 is 2.10 bits per heavy atom. The predicted octanol–water partition coefficient (Wildman–Crippen LogP) is 3.51. The molecular formula is C21H29N5O2S. The van der Waals surface area contributed by atoms with Gasteiger partial charge in [-0.15, -0.1) is 5.10 Å². The van der Waals surface area contributed by atoms with Crippen LogP contribution in [0.25, 0.3) is 5.69 Å². The van der Waals surface area contributed by atoms with Crippen molar-refractivity contribution >= 4 is 23.2 Å². The van der Waals surface area contributed by atoms with E-state index in [0.717, 1.165) is 68.0 Å². The Kier molecular flexibility index (Phi) is 7.69. The molecule has 1 aliphatic carbocycles. The van der Waals surface area contributed by atoms with Crippen molar-refractivity contribution in [3.63, 3.8) is 0 Å². The second-order valence-corrected chi connectivity index (χ2v) is 7.90. The molecule has 156 valence electrons. The van der Waals surface area contributed by atoms with Gasteiger partial charge >= 0.3 is 5.97 Å². The van der Waals surface area contributed by atoms with Crippen LogP contribution in [-0.4, -0.2) is 54.8 Å². The molecule has 1 fully saturated rings. The average Bonchev–Trinajstić information content (AvgIpc) is 3.17. The summed E-state index contributed by atoms with van der Waals surface area (Å²) in [4.78, 5) is 14.6. The molecule has 1 aromatic carbocycles. The first-order valence-corrected chi connectivity index (χ1v) is 10.8. The summed E-state index contributed by atoms with van der Waals surface area (Å²) >= 11 is 5.76. The Labute approximate surface area is 177 Å². The average molecular weight is 416 g/mol. The van der Waals surface area contributed by atoms with Gasteiger partial charge in [-0.05, 0) is 61.6 Å². The van der Waals surface area contributed by atoms with Gasteiger partial charge in [0.1, 0.15) is 6.10 Å². The van der Waals surface area contributed by atoms with Crippen LogP contribution in [0, 0.1) is 0 Å². The number of thiocarbonyl (C=S) groups is 1. The molecular weight excluding hydrogens is 386 g/mol. The highest BCUT2D eigenvalue weighted by Gasteiger charge is 2.28. The molecule has 1 heterocycles. The molecule has 0 bridgehead atoms. The molecule has 0 radical (unpaired) electrons. The zero-order chi connectivity index (χ0) is 20.6. The minimum Gasteiger partial charge on any atom is -0.462 e. The molecule has 0 spiro atoms. The van der Waals surface area contributed by atoms with E-state index in [4.69, 9.17) is 17.0 Å². The first-order valence-electron chi connectivity index (χ1n) is 10.4. The van der Waals surface area contributed by atoms with Gasteiger partial charge in [0.15, 0.2) is 5.82 Å². The number of benzene rings is 1. The Balaban J connectivity index is 1.53. The number of hydrogen-bond donors (Lipinski definition) is 0. The number of aromatic nitrogens is 4. The van der Waals surface area contributed by atoms with E-state index in [1.54, 1.807) is 4.68 Å². The summed E-state index contributed by atoms with van der Waals surface area (Å²) in [6.45, 7) is 4.49. The maximum atomic E-state index is 11.3. The number of carbonyl (C=O) groups excluding carboxylic acids is 1. The molecule has 0 N–H and O–H groups in total. The van der Waals surface area contributed by atoms with Crippen LogP contribution in [0.4, 0.5) is 0 Å². The van der Waals surface area contributed by atoms with E-state index >= 15 is 0 Å². The van der Waals surface area contributed by atoms with Crippen LogP contribution in [0.5, 0.6) is 0 Å². The fourth-order valence-corrected chi connectivity index (χ4v) is 4.48. The maximum Gasteiger partial charge on any atom is 0.302 e. The quantitative estimate of drug-likeness (QED) is 0.482. The highest BCUT2D eigenvalue weighted by Crippen LogP contribution is 2.26. The van der Waals surface area contributed by atoms with Crippen molar-refractivity contribution in [2.24, 2.45) is 0 Å². The van der Waals surface area contributed by atoms with Crippen LogP contribution < -0.4 is 0 Å². The van der Waals surface area contributed by atoms with E-state index in [-0.39, 0.29) is 12.1 Å². The van der Waals surface area contributed by atoms with Crippen molar-refractivity contribution in [1.29, 1.82) is 0 Å². The van der Waals surface area contributed by atoms with Crippen molar-refractivity contribution in [2.75, 3.05) is 6.54 Å². The third kappa shape index (κ3) is 5.82. The van der Waals surface area contributed by atoms with Crippen molar-refractivity contribution in [3.8, 4) is 5.69 Å². The van der Waals surface area contributed by atoms with E-state index in [1.807, 2.05) is 30.3 Å². The molecule has 2 aromatic rings. The Bertz CT molecular complexity index is 810. The molecule has 3 rings (SSSR count). The largest absolute Gasteiger partial charge is 0.462 e. The zero-order valence-corrected chi connectivity index (χ0v) is 18.0. The van der Waals surface area contributed by atoms with Crippen LogP contribution in [0.15, 0.2) is 30.3 Å². The van der Waals surface area contributed by atoms with E-state index in [1.165, 1.54) is 6.92 Å². The van der Waals surface area contributed by atoms with Crippen LogP contribution in [0.1, 0.15) is 58.2 Å². The molecule has 1 aromatic heterocycles. The highest BCUT2D eigenvalue weighted by atomic mass is 32.1. The summed E-state index contributed by atoms with van der Waals surface area (Å²) in [5.74, 6) is 0.645. The summed E-state index contributed by atoms with van der Waals surface area (Å²) in [6.07, 6.45) is 6.45. The zero-order valence-electron chi connectivity index (χ0n) is 17.2. The molecule has 2 atom stereocenters. The number of aryl methyl sites for hydroxylation is 1. The van der Waals surface area contributed by atoms with Gasteiger partial charge in [-0.3, -0.25) is 4.79 Å². The molecule has 0 saturated heterocycles. The first kappa shape index (κ1) is 21.4. The van der Waals surface area contributed by atoms with Crippen molar-refractivity contribution in [3.05, 3.63) is 36.2 Å². The van der Waals surface area contributed by atoms with Crippen LogP contribution in [0.2, 0.25) is 0 Å². The summed E-state index contributed by atoms with van der Waals surface area (Å²) in [6, 6.07) is 10.3. The number of para-hydroxylation sites is 1. The smallest absolute Gasteiger partial charge is 0.302 e. The second kappa shape index (κ2) is 10.4. The number of esters is 1. The lowest BCUT2D eigenvalue weighted by Gasteiger charge is -2.38. The van der Waals surface area contributed by atoms with Crippen molar-refractivity contribution in [1.82, 2.24) is 25.1 Å². The van der Waals surface area contributed by atoms with Crippen molar-refractivity contribution in [2.45, 2.75) is 70.9 Å². The van der Waals surface area contributed by atoms with E-state index in [2.05, 4.69) is 27.3 Å². The molecule has 8 heteroatoms. The van der Waals surface area contributed by atoms with Gasteiger partial charge in [0.25, 0.3) is 0 Å². The van der Waals surface area contributed by atoms with Crippen LogP contribution in [-0.2, 0) is 16.0 Å². The molecule has 29 heavy (non-hydrogen) atoms. The van der Waals surface area contributed by atoms with Crippen molar-refractivity contribution < 1.29 is 9.53 Å². The lowest BCUT2D eigenvalue weighted by atomic mass is 9.91. The van der Waals surface area contributed by atoms with Gasteiger partial charge in [0.05, 0.1) is 10.7 Å². The van der Waals surface area contributed by atoms with Gasteiger partial charge in [0.2, 0.25) is 0 Å². The summed E-state index contributed by atoms with van der Waals surface area (Å²) < 4.78 is 7.23. The molecule has 2 unspecified atom stereocenters. The molecule has 1 aliphatic rings. The topological polar surface area (TPSA) is 73.1 Å². The third-order valence-corrected chi connectivity index (χ3v) is 5.80. The van der Waals surface area contributed by atoms with E-state index in [9.17, 15) is 4.79 Å². The minimum absolute atomic E-state index is 0.0126. The van der Waals surface area contributed by atoms with Gasteiger partial charge in [0, 0.05) is 32.4 Å². The summed E-state index contributed by atoms with van der Waals surface area (Å²) in [7, 11) is 0. The fraction of sp³-hybridized carbons (Fsp3) is 0.571. The fourth-order valence-electron chi connectivity index (χ4n) is 4.06. The molecule has 7 nitrogen and oxygen atoms in total. The molecule has 0 amide bonds. The Morgan fingerprint density at radius 3 is 2.83 bits per heavy atom. The lowest BCUT2D eigenvalue weighted by molar-refractivity contribution is -0.148. The van der Waals surface area contributed by atoms with E-state index < -0.39 is 0 Å². The van der Waals surface area contributed by atoms with Gasteiger partial charge in [-0.25, -0.2) is 0 Å². The first-order chi connectivity index (χ1) is 14.1. The predicted molar refractivity (Wildman–Crippen MR) is 115 cm³/mol.